The van der Waals surface area contributed by atoms with E-state index in [9.17, 15) is 4.79 Å². The summed E-state index contributed by atoms with van der Waals surface area (Å²) in [6.45, 7) is 8.05. The van der Waals surface area contributed by atoms with E-state index in [4.69, 9.17) is 0 Å². The molecule has 0 unspecified atom stereocenters. The number of amides is 1. The van der Waals surface area contributed by atoms with Gasteiger partial charge in [0.15, 0.2) is 0 Å². The lowest BCUT2D eigenvalue weighted by atomic mass is 9.93. The molecule has 0 aromatic carbocycles. The van der Waals surface area contributed by atoms with Crippen LogP contribution in [0.15, 0.2) is 12.4 Å². The van der Waals surface area contributed by atoms with Gasteiger partial charge in [-0.05, 0) is 51.7 Å². The number of piperidine rings is 1. The molecule has 1 fully saturated rings. The molecular formula is C16H26N4O. The zero-order chi connectivity index (χ0) is 15.1. The van der Waals surface area contributed by atoms with Crippen LogP contribution in [0.2, 0.25) is 0 Å². The van der Waals surface area contributed by atoms with Crippen LogP contribution in [-0.4, -0.2) is 40.4 Å². The molecule has 5 heteroatoms. The van der Waals surface area contributed by atoms with Crippen LogP contribution < -0.4 is 5.32 Å². The van der Waals surface area contributed by atoms with E-state index in [1.54, 1.807) is 12.4 Å². The molecule has 1 amide bonds. The molecule has 0 saturated carbocycles. The first-order chi connectivity index (χ1) is 10.2. The summed E-state index contributed by atoms with van der Waals surface area (Å²) in [6, 6.07) is 0. The summed E-state index contributed by atoms with van der Waals surface area (Å²) < 4.78 is 0. The van der Waals surface area contributed by atoms with Crippen molar-refractivity contribution in [1.29, 1.82) is 0 Å². The average molecular weight is 290 g/mol. The lowest BCUT2D eigenvalue weighted by Crippen LogP contribution is -2.36. The molecule has 1 saturated heterocycles. The first-order valence-electron chi connectivity index (χ1n) is 7.94. The van der Waals surface area contributed by atoms with E-state index in [1.807, 2.05) is 6.92 Å². The molecule has 0 aliphatic carbocycles. The molecule has 0 bridgehead atoms. The Morgan fingerprint density at radius 1 is 1.33 bits per heavy atom. The fourth-order valence-electron chi connectivity index (χ4n) is 2.76. The van der Waals surface area contributed by atoms with E-state index in [-0.39, 0.29) is 5.91 Å². The number of nitrogens with one attached hydrogen (secondary N) is 1. The van der Waals surface area contributed by atoms with Gasteiger partial charge in [-0.1, -0.05) is 6.92 Å². The number of aromatic nitrogens is 2. The molecule has 0 radical (unpaired) electrons. The van der Waals surface area contributed by atoms with Crippen molar-refractivity contribution in [2.75, 3.05) is 19.6 Å². The van der Waals surface area contributed by atoms with Gasteiger partial charge in [0.1, 0.15) is 0 Å². The van der Waals surface area contributed by atoms with Crippen molar-refractivity contribution in [3.63, 3.8) is 0 Å². The van der Waals surface area contributed by atoms with Crippen LogP contribution in [0.4, 0.5) is 0 Å². The maximum atomic E-state index is 12.0. The Hall–Kier alpha value is -1.49. The quantitative estimate of drug-likeness (QED) is 0.869. The number of likely N-dealkylation sites (tertiary alicyclic amines) is 1. The molecule has 1 aliphatic rings. The summed E-state index contributed by atoms with van der Waals surface area (Å²) in [6.07, 6.45) is 7.57. The number of hydrogen-bond acceptors (Lipinski definition) is 4. The van der Waals surface area contributed by atoms with Crippen molar-refractivity contribution in [3.05, 3.63) is 23.8 Å². The lowest BCUT2D eigenvalue weighted by molar-refractivity contribution is -0.122. The highest BCUT2D eigenvalue weighted by molar-refractivity contribution is 5.76. The highest BCUT2D eigenvalue weighted by Gasteiger charge is 2.20. The summed E-state index contributed by atoms with van der Waals surface area (Å²) >= 11 is 0. The van der Waals surface area contributed by atoms with Crippen molar-refractivity contribution in [1.82, 2.24) is 20.2 Å². The number of carbonyl (C=O) groups excluding carboxylic acids is 1. The van der Waals surface area contributed by atoms with Crippen LogP contribution in [0.1, 0.15) is 44.0 Å². The van der Waals surface area contributed by atoms with E-state index in [0.717, 1.165) is 37.3 Å². The molecule has 116 valence electrons. The van der Waals surface area contributed by atoms with E-state index in [1.165, 1.54) is 13.0 Å². The van der Waals surface area contributed by atoms with Crippen molar-refractivity contribution >= 4 is 5.91 Å². The lowest BCUT2D eigenvalue weighted by Gasteiger charge is -2.31. The van der Waals surface area contributed by atoms with E-state index in [0.29, 0.717) is 18.9 Å². The van der Waals surface area contributed by atoms with Crippen molar-refractivity contribution in [2.45, 2.75) is 46.1 Å². The minimum atomic E-state index is 0.131. The van der Waals surface area contributed by atoms with Crippen molar-refractivity contribution < 1.29 is 4.79 Å². The second-order valence-corrected chi connectivity index (χ2v) is 5.91. The molecule has 0 spiro atoms. The third-order valence-corrected chi connectivity index (χ3v) is 4.02. The predicted octanol–water partition coefficient (Wildman–Crippen LogP) is 1.91. The molecule has 1 aromatic rings. The van der Waals surface area contributed by atoms with Gasteiger partial charge in [0.05, 0.1) is 24.1 Å². The largest absolute Gasteiger partial charge is 0.350 e. The molecule has 5 nitrogen and oxygen atoms in total. The molecule has 1 aliphatic heterocycles. The zero-order valence-corrected chi connectivity index (χ0v) is 13.1. The number of nitrogens with zero attached hydrogens (tertiary/aromatic N) is 3. The van der Waals surface area contributed by atoms with Gasteiger partial charge in [0, 0.05) is 12.6 Å². The zero-order valence-electron chi connectivity index (χ0n) is 13.1. The van der Waals surface area contributed by atoms with Crippen LogP contribution in [0.3, 0.4) is 0 Å². The summed E-state index contributed by atoms with van der Waals surface area (Å²) in [4.78, 5) is 22.9. The summed E-state index contributed by atoms with van der Waals surface area (Å²) in [5.41, 5.74) is 1.70. The first-order valence-corrected chi connectivity index (χ1v) is 7.94. The smallest absolute Gasteiger partial charge is 0.220 e. The number of hydrogen-bond donors (Lipinski definition) is 1. The fraction of sp³-hybridized carbons (Fsp3) is 0.688. The van der Waals surface area contributed by atoms with E-state index in [2.05, 4.69) is 27.1 Å². The van der Waals surface area contributed by atoms with Crippen molar-refractivity contribution in [3.8, 4) is 0 Å². The van der Waals surface area contributed by atoms with Crippen molar-refractivity contribution in [2.24, 2.45) is 5.92 Å². The maximum Gasteiger partial charge on any atom is 0.220 e. The molecule has 1 aromatic heterocycles. The van der Waals surface area contributed by atoms with Gasteiger partial charge in [-0.3, -0.25) is 14.8 Å². The Bertz CT molecular complexity index is 438. The average Bonchev–Trinajstić information content (AvgIpc) is 2.49. The maximum absolute atomic E-state index is 12.0. The highest BCUT2D eigenvalue weighted by atomic mass is 16.1. The second kappa shape index (κ2) is 8.08. The first kappa shape index (κ1) is 15.9. The molecule has 0 atom stereocenters. The van der Waals surface area contributed by atoms with Gasteiger partial charge in [0.2, 0.25) is 5.91 Å². The topological polar surface area (TPSA) is 58.1 Å². The van der Waals surface area contributed by atoms with Gasteiger partial charge >= 0.3 is 0 Å². The molecule has 21 heavy (non-hydrogen) atoms. The molecule has 2 heterocycles. The highest BCUT2D eigenvalue weighted by Crippen LogP contribution is 2.20. The summed E-state index contributed by atoms with van der Waals surface area (Å²) in [7, 11) is 0. The molecule has 2 rings (SSSR count). The Morgan fingerprint density at radius 3 is 2.71 bits per heavy atom. The third-order valence-electron chi connectivity index (χ3n) is 4.02. The summed E-state index contributed by atoms with van der Waals surface area (Å²) in [5.74, 6) is 0.661. The number of aryl methyl sites for hydroxylation is 1. The van der Waals surface area contributed by atoms with Crippen LogP contribution in [-0.2, 0) is 11.3 Å². The van der Waals surface area contributed by atoms with Gasteiger partial charge in [-0.25, -0.2) is 0 Å². The Kier molecular flexibility index (Phi) is 6.11. The Morgan fingerprint density at radius 2 is 2.10 bits per heavy atom. The Balaban J connectivity index is 1.67. The minimum Gasteiger partial charge on any atom is -0.350 e. The molecule has 1 N–H and O–H groups in total. The van der Waals surface area contributed by atoms with Gasteiger partial charge in [-0.15, -0.1) is 0 Å². The van der Waals surface area contributed by atoms with E-state index >= 15 is 0 Å². The van der Waals surface area contributed by atoms with Crippen LogP contribution in [0.25, 0.3) is 0 Å². The van der Waals surface area contributed by atoms with Gasteiger partial charge in [0.25, 0.3) is 0 Å². The van der Waals surface area contributed by atoms with Gasteiger partial charge < -0.3 is 10.2 Å². The van der Waals surface area contributed by atoms with Crippen LogP contribution in [0.5, 0.6) is 0 Å². The SMILES string of the molecule is CCCN1CCC(CC(=O)NCc2cnc(C)cn2)CC1. The van der Waals surface area contributed by atoms with Gasteiger partial charge in [-0.2, -0.15) is 0 Å². The minimum absolute atomic E-state index is 0.131. The Labute approximate surface area is 127 Å². The van der Waals surface area contributed by atoms with E-state index < -0.39 is 0 Å². The normalized spacial score (nSPS) is 16.9. The number of rotatable bonds is 6. The third kappa shape index (κ3) is 5.42. The van der Waals surface area contributed by atoms with Crippen LogP contribution >= 0.6 is 0 Å². The second-order valence-electron chi connectivity index (χ2n) is 5.91. The monoisotopic (exact) mass is 290 g/mol. The fourth-order valence-corrected chi connectivity index (χ4v) is 2.76. The molecular weight excluding hydrogens is 264 g/mol. The van der Waals surface area contributed by atoms with Crippen LogP contribution in [0, 0.1) is 12.8 Å². The standard InChI is InChI=1S/C16H26N4O/c1-3-6-20-7-4-14(5-8-20)9-16(21)19-12-15-11-17-13(2)10-18-15/h10-11,14H,3-9,12H2,1-2H3,(H,19,21). The number of carbonyl (C=O) groups is 1. The predicted molar refractivity (Wildman–Crippen MR) is 82.7 cm³/mol. The summed E-state index contributed by atoms with van der Waals surface area (Å²) in [5, 5.41) is 2.95.